The van der Waals surface area contributed by atoms with Gasteiger partial charge in [-0.3, -0.25) is 4.79 Å². The van der Waals surface area contributed by atoms with Crippen LogP contribution in [0, 0.1) is 5.41 Å². The van der Waals surface area contributed by atoms with Crippen LogP contribution in [-0.4, -0.2) is 31.7 Å². The second kappa shape index (κ2) is 6.93. The molecular weight excluding hydrogens is 232 g/mol. The zero-order valence-corrected chi connectivity index (χ0v) is 12.0. The average molecular weight is 254 g/mol. The van der Waals surface area contributed by atoms with Gasteiger partial charge >= 0.3 is 5.97 Å². The first-order valence-electron chi connectivity index (χ1n) is 5.88. The molecule has 0 radical (unpaired) electrons. The van der Waals surface area contributed by atoms with Gasteiger partial charge < -0.3 is 10.1 Å². The van der Waals surface area contributed by atoms with Crippen LogP contribution in [0.5, 0.6) is 0 Å². The number of nitrogens with zero attached hydrogens (tertiary/aromatic N) is 1. The van der Waals surface area contributed by atoms with Crippen molar-refractivity contribution in [3.8, 4) is 0 Å². The number of aldehydes is 1. The van der Waals surface area contributed by atoms with Gasteiger partial charge in [0.25, 0.3) is 0 Å². The third-order valence-corrected chi connectivity index (χ3v) is 2.23. The summed E-state index contributed by atoms with van der Waals surface area (Å²) in [6.45, 7) is 9.49. The van der Waals surface area contributed by atoms with E-state index in [0.29, 0.717) is 17.8 Å². The third kappa shape index (κ3) is 4.69. The van der Waals surface area contributed by atoms with Crippen LogP contribution in [0.15, 0.2) is 16.3 Å². The van der Waals surface area contributed by atoms with Crippen molar-refractivity contribution in [1.29, 1.82) is 0 Å². The predicted octanol–water partition coefficient (Wildman–Crippen LogP) is 1.69. The van der Waals surface area contributed by atoms with E-state index in [0.717, 1.165) is 0 Å². The predicted molar refractivity (Wildman–Crippen MR) is 71.3 cm³/mol. The molecule has 0 saturated carbocycles. The molecule has 0 aliphatic rings. The first-order valence-corrected chi connectivity index (χ1v) is 5.88. The van der Waals surface area contributed by atoms with Gasteiger partial charge in [0, 0.05) is 12.5 Å². The number of amidine groups is 1. The Labute approximate surface area is 108 Å². The summed E-state index contributed by atoms with van der Waals surface area (Å²) in [4.78, 5) is 26.8. The van der Waals surface area contributed by atoms with Gasteiger partial charge in [-0.05, 0) is 13.8 Å². The molecule has 0 aromatic carbocycles. The highest BCUT2D eigenvalue weighted by Gasteiger charge is 2.19. The number of carbonyl (C=O) groups excluding carboxylic acids is 2. The van der Waals surface area contributed by atoms with Crippen molar-refractivity contribution >= 4 is 18.1 Å². The van der Waals surface area contributed by atoms with Crippen molar-refractivity contribution in [1.82, 2.24) is 5.32 Å². The van der Waals surface area contributed by atoms with Gasteiger partial charge in [0.2, 0.25) is 0 Å². The molecule has 102 valence electrons. The second-order valence-corrected chi connectivity index (χ2v) is 4.80. The first kappa shape index (κ1) is 16.4. The minimum Gasteiger partial charge on any atom is -0.462 e. The van der Waals surface area contributed by atoms with Crippen LogP contribution in [0.1, 0.15) is 34.6 Å². The number of rotatable bonds is 4. The maximum Gasteiger partial charge on any atom is 0.343 e. The Morgan fingerprint density at radius 1 is 1.39 bits per heavy atom. The lowest BCUT2D eigenvalue weighted by Crippen LogP contribution is -2.32. The molecule has 0 saturated heterocycles. The Hall–Kier alpha value is -1.65. The highest BCUT2D eigenvalue weighted by Crippen LogP contribution is 2.17. The van der Waals surface area contributed by atoms with E-state index >= 15 is 0 Å². The molecule has 5 heteroatoms. The topological polar surface area (TPSA) is 67.8 Å². The van der Waals surface area contributed by atoms with Crippen molar-refractivity contribution in [3.05, 3.63) is 11.3 Å². The van der Waals surface area contributed by atoms with Crippen molar-refractivity contribution < 1.29 is 14.3 Å². The highest BCUT2D eigenvalue weighted by atomic mass is 16.5. The van der Waals surface area contributed by atoms with Crippen molar-refractivity contribution in [3.63, 3.8) is 0 Å². The van der Waals surface area contributed by atoms with Crippen LogP contribution in [-0.2, 0) is 14.3 Å². The number of aliphatic imine (C=N–C) groups is 1. The Bertz CT molecular complexity index is 376. The molecule has 0 rings (SSSR count). The summed E-state index contributed by atoms with van der Waals surface area (Å²) < 4.78 is 4.80. The van der Waals surface area contributed by atoms with Gasteiger partial charge in [-0.15, -0.1) is 0 Å². The smallest absolute Gasteiger partial charge is 0.343 e. The molecule has 0 spiro atoms. The van der Waals surface area contributed by atoms with Crippen LogP contribution >= 0.6 is 0 Å². The van der Waals surface area contributed by atoms with Gasteiger partial charge in [-0.25, -0.2) is 9.79 Å². The summed E-state index contributed by atoms with van der Waals surface area (Å²) in [7, 11) is 1.75. The Kier molecular flexibility index (Phi) is 6.30. The number of ether oxygens (including phenoxy) is 1. The van der Waals surface area contributed by atoms with E-state index in [4.69, 9.17) is 4.74 Å². The molecule has 0 bridgehead atoms. The van der Waals surface area contributed by atoms with Crippen LogP contribution in [0.3, 0.4) is 0 Å². The number of nitrogens with one attached hydrogen (secondary N) is 1. The molecule has 0 aliphatic carbocycles. The molecule has 0 atom stereocenters. The van der Waals surface area contributed by atoms with Gasteiger partial charge in [-0.1, -0.05) is 20.8 Å². The molecule has 0 fully saturated rings. The SMILES string of the molecule is CCOC(=O)/C(C=O)=C(C)/N=C(\NC)C(C)(C)C. The summed E-state index contributed by atoms with van der Waals surface area (Å²) in [6.07, 6.45) is 0.479. The van der Waals surface area contributed by atoms with Crippen molar-refractivity contribution in [2.75, 3.05) is 13.7 Å². The fourth-order valence-corrected chi connectivity index (χ4v) is 1.32. The number of allylic oxidation sites excluding steroid dienone is 1. The Balaban J connectivity index is 5.43. The standard InChI is InChI=1S/C13H22N2O3/c1-7-18-11(17)10(8-16)9(2)15-12(14-6)13(3,4)5/h8H,7H2,1-6H3,(H,14,15)/b10-9+. The molecule has 5 nitrogen and oxygen atoms in total. The van der Waals surface area contributed by atoms with E-state index < -0.39 is 5.97 Å². The minimum absolute atomic E-state index is 0.0474. The van der Waals surface area contributed by atoms with E-state index in [1.807, 2.05) is 20.8 Å². The van der Waals surface area contributed by atoms with E-state index in [2.05, 4.69) is 10.3 Å². The summed E-state index contributed by atoms with van der Waals surface area (Å²) in [5.41, 5.74) is 0.107. The first-order chi connectivity index (χ1) is 8.27. The maximum absolute atomic E-state index is 11.5. The van der Waals surface area contributed by atoms with Crippen molar-refractivity contribution in [2.24, 2.45) is 10.4 Å². The highest BCUT2D eigenvalue weighted by molar-refractivity contribution is 6.08. The van der Waals surface area contributed by atoms with Gasteiger partial charge in [-0.2, -0.15) is 0 Å². The van der Waals surface area contributed by atoms with E-state index in [9.17, 15) is 9.59 Å². The molecule has 0 amide bonds. The molecule has 0 unspecified atom stereocenters. The summed E-state index contributed by atoms with van der Waals surface area (Å²) in [5, 5.41) is 2.97. The molecular formula is C13H22N2O3. The number of esters is 1. The van der Waals surface area contributed by atoms with Crippen molar-refractivity contribution in [2.45, 2.75) is 34.6 Å². The van der Waals surface area contributed by atoms with E-state index in [1.54, 1.807) is 20.9 Å². The molecule has 0 aromatic heterocycles. The molecule has 0 heterocycles. The van der Waals surface area contributed by atoms with Gasteiger partial charge in [0.05, 0.1) is 12.3 Å². The molecule has 0 aromatic rings. The zero-order valence-electron chi connectivity index (χ0n) is 12.0. The number of hydrogen-bond donors (Lipinski definition) is 1. The zero-order chi connectivity index (χ0) is 14.3. The monoisotopic (exact) mass is 254 g/mol. The molecule has 0 aliphatic heterocycles. The molecule has 18 heavy (non-hydrogen) atoms. The lowest BCUT2D eigenvalue weighted by atomic mass is 9.95. The summed E-state index contributed by atoms with van der Waals surface area (Å²) in [5.74, 6) is 0.0572. The summed E-state index contributed by atoms with van der Waals surface area (Å²) in [6, 6.07) is 0. The number of hydrogen-bond acceptors (Lipinski definition) is 4. The lowest BCUT2D eigenvalue weighted by Gasteiger charge is -2.21. The minimum atomic E-state index is -0.641. The maximum atomic E-state index is 11.5. The van der Waals surface area contributed by atoms with Crippen LogP contribution in [0.2, 0.25) is 0 Å². The fourth-order valence-electron chi connectivity index (χ4n) is 1.32. The third-order valence-electron chi connectivity index (χ3n) is 2.23. The Morgan fingerprint density at radius 2 is 1.94 bits per heavy atom. The van der Waals surface area contributed by atoms with E-state index in [-0.39, 0.29) is 17.6 Å². The summed E-state index contributed by atoms with van der Waals surface area (Å²) >= 11 is 0. The largest absolute Gasteiger partial charge is 0.462 e. The lowest BCUT2D eigenvalue weighted by molar-refractivity contribution is -0.139. The normalized spacial score (nSPS) is 13.8. The quantitative estimate of drug-likeness (QED) is 0.158. The molecule has 1 N–H and O–H groups in total. The second-order valence-electron chi connectivity index (χ2n) is 4.80. The number of carbonyl (C=O) groups is 2. The Morgan fingerprint density at radius 3 is 2.28 bits per heavy atom. The van der Waals surface area contributed by atoms with Crippen LogP contribution in [0.4, 0.5) is 0 Å². The van der Waals surface area contributed by atoms with Gasteiger partial charge in [0.15, 0.2) is 6.29 Å². The van der Waals surface area contributed by atoms with Crippen LogP contribution < -0.4 is 5.32 Å². The fraction of sp³-hybridized carbons (Fsp3) is 0.615. The van der Waals surface area contributed by atoms with E-state index in [1.165, 1.54) is 0 Å². The van der Waals surface area contributed by atoms with Crippen LogP contribution in [0.25, 0.3) is 0 Å². The van der Waals surface area contributed by atoms with Gasteiger partial charge in [0.1, 0.15) is 11.4 Å². The average Bonchev–Trinajstić information content (AvgIpc) is 2.25.